The van der Waals surface area contributed by atoms with Crippen LogP contribution in [0.5, 0.6) is 0 Å². The van der Waals surface area contributed by atoms with Gasteiger partial charge in [-0.25, -0.2) is 0 Å². The topological polar surface area (TPSA) is 7.76 Å². The van der Waals surface area contributed by atoms with E-state index in [0.717, 1.165) is 0 Å². The summed E-state index contributed by atoms with van der Waals surface area (Å²) < 4.78 is 4.91. The van der Waals surface area contributed by atoms with Crippen molar-refractivity contribution in [1.29, 1.82) is 0 Å². The lowest BCUT2D eigenvalue weighted by atomic mass is 9.93. The molecule has 2 nitrogen and oxygen atoms in total. The van der Waals surface area contributed by atoms with Gasteiger partial charge in [0.25, 0.3) is 0 Å². The fourth-order valence-electron chi connectivity index (χ4n) is 5.54. The zero-order valence-corrected chi connectivity index (χ0v) is 19.9. The predicted molar refractivity (Wildman–Crippen MR) is 137 cm³/mol. The smallest absolute Gasteiger partial charge is 0.130 e. The average molecular weight is 441 g/mol. The van der Waals surface area contributed by atoms with Crippen molar-refractivity contribution in [3.63, 3.8) is 0 Å². The van der Waals surface area contributed by atoms with Crippen LogP contribution in [-0.4, -0.2) is 0 Å². The van der Waals surface area contributed by atoms with Gasteiger partial charge in [-0.3, -0.25) is 0 Å². The quantitative estimate of drug-likeness (QED) is 0.284. The van der Waals surface area contributed by atoms with Crippen LogP contribution in [0.3, 0.4) is 0 Å². The van der Waals surface area contributed by atoms with Crippen LogP contribution in [0.15, 0.2) is 116 Å². The zero-order chi connectivity index (χ0) is 23.3. The molecule has 1 unspecified atom stereocenters. The van der Waals surface area contributed by atoms with E-state index in [-0.39, 0.29) is 0 Å². The maximum atomic E-state index is 2.49. The highest BCUT2D eigenvalue weighted by Crippen LogP contribution is 2.37. The Balaban J connectivity index is 1.73. The van der Waals surface area contributed by atoms with E-state index in [4.69, 9.17) is 0 Å². The molecular formula is C32H28N2+2. The monoisotopic (exact) mass is 440 g/mol. The minimum atomic E-state index is -0.415. The third kappa shape index (κ3) is 2.95. The van der Waals surface area contributed by atoms with Crippen molar-refractivity contribution in [2.45, 2.75) is 26.4 Å². The van der Waals surface area contributed by atoms with Crippen molar-refractivity contribution in [1.82, 2.24) is 0 Å². The lowest BCUT2D eigenvalue weighted by Gasteiger charge is -2.21. The third-order valence-corrected chi connectivity index (χ3v) is 7.31. The average Bonchev–Trinajstić information content (AvgIpc) is 3.14. The number of rotatable bonds is 3. The Morgan fingerprint density at radius 1 is 0.559 bits per heavy atom. The van der Waals surface area contributed by atoms with Gasteiger partial charge in [0.2, 0.25) is 11.4 Å². The standard InChI is InChI=1S/C32H28N2/c1-23-13-7-8-16-26(23)31-21-24(2)28(25-14-5-4-6-15-25)22-34(31)32(3)29-18-10-9-17-27(29)30-19-11-12-20-33(30)32/h4-22H,1-3H3/q+2. The molecule has 0 amide bonds. The Bertz CT molecular complexity index is 1490. The van der Waals surface area contributed by atoms with Crippen LogP contribution in [0.1, 0.15) is 23.6 Å². The molecule has 164 valence electrons. The summed E-state index contributed by atoms with van der Waals surface area (Å²) in [4.78, 5) is 0. The first-order chi connectivity index (χ1) is 16.6. The Kier molecular flexibility index (Phi) is 4.70. The van der Waals surface area contributed by atoms with Crippen LogP contribution in [0, 0.1) is 13.8 Å². The van der Waals surface area contributed by atoms with Gasteiger partial charge in [-0.2, -0.15) is 0 Å². The Labute approximate surface area is 201 Å². The van der Waals surface area contributed by atoms with Crippen LogP contribution in [0.25, 0.3) is 33.6 Å². The summed E-state index contributed by atoms with van der Waals surface area (Å²) in [6.07, 6.45) is 4.57. The minimum Gasteiger partial charge on any atom is -0.130 e. The molecule has 1 atom stereocenters. The van der Waals surface area contributed by atoms with Crippen LogP contribution >= 0.6 is 0 Å². The van der Waals surface area contributed by atoms with Crippen molar-refractivity contribution < 1.29 is 9.13 Å². The molecule has 0 saturated carbocycles. The third-order valence-electron chi connectivity index (χ3n) is 7.31. The predicted octanol–water partition coefficient (Wildman–Crippen LogP) is 6.46. The molecule has 0 saturated heterocycles. The lowest BCUT2D eigenvalue weighted by molar-refractivity contribution is -0.966. The summed E-state index contributed by atoms with van der Waals surface area (Å²) in [5.74, 6) is 0. The van der Waals surface area contributed by atoms with E-state index in [1.54, 1.807) is 0 Å². The van der Waals surface area contributed by atoms with Crippen molar-refractivity contribution >= 4 is 0 Å². The number of fused-ring (bicyclic) bond motifs is 3. The zero-order valence-electron chi connectivity index (χ0n) is 19.9. The second kappa shape index (κ2) is 7.78. The molecule has 0 N–H and O–H groups in total. The highest BCUT2D eigenvalue weighted by atomic mass is 15.3. The molecule has 1 aliphatic rings. The highest BCUT2D eigenvalue weighted by molar-refractivity contribution is 5.70. The molecule has 2 aromatic heterocycles. The van der Waals surface area contributed by atoms with Crippen LogP contribution < -0.4 is 9.13 Å². The lowest BCUT2D eigenvalue weighted by Crippen LogP contribution is -2.71. The number of pyridine rings is 2. The molecule has 3 aromatic carbocycles. The van der Waals surface area contributed by atoms with Gasteiger partial charge in [-0.15, -0.1) is 9.13 Å². The van der Waals surface area contributed by atoms with Gasteiger partial charge >= 0.3 is 5.66 Å². The first-order valence-corrected chi connectivity index (χ1v) is 11.9. The molecule has 0 fully saturated rings. The van der Waals surface area contributed by atoms with Crippen molar-refractivity contribution in [2.75, 3.05) is 0 Å². The number of hydrogen-bond acceptors (Lipinski definition) is 0. The van der Waals surface area contributed by atoms with Crippen molar-refractivity contribution in [3.8, 4) is 33.6 Å². The number of aryl methyl sites for hydroxylation is 2. The van der Waals surface area contributed by atoms with E-state index in [1.165, 1.54) is 50.3 Å². The van der Waals surface area contributed by atoms with E-state index in [2.05, 4.69) is 145 Å². The van der Waals surface area contributed by atoms with Gasteiger partial charge in [0.15, 0.2) is 12.4 Å². The van der Waals surface area contributed by atoms with Crippen molar-refractivity contribution in [3.05, 3.63) is 132 Å². The minimum absolute atomic E-state index is 0.415. The highest BCUT2D eigenvalue weighted by Gasteiger charge is 2.56. The molecule has 34 heavy (non-hydrogen) atoms. The van der Waals surface area contributed by atoms with Crippen LogP contribution in [0.2, 0.25) is 0 Å². The molecule has 6 rings (SSSR count). The van der Waals surface area contributed by atoms with E-state index in [9.17, 15) is 0 Å². The molecule has 0 spiro atoms. The normalized spacial score (nSPS) is 16.2. The van der Waals surface area contributed by atoms with Crippen molar-refractivity contribution in [2.24, 2.45) is 0 Å². The first-order valence-electron chi connectivity index (χ1n) is 11.9. The summed E-state index contributed by atoms with van der Waals surface area (Å²) in [6, 6.07) is 37.1. The second-order valence-corrected chi connectivity index (χ2v) is 9.33. The Morgan fingerprint density at radius 2 is 1.24 bits per heavy atom. The number of hydrogen-bond donors (Lipinski definition) is 0. The van der Waals surface area contributed by atoms with Gasteiger partial charge in [-0.1, -0.05) is 60.7 Å². The fourth-order valence-corrected chi connectivity index (χ4v) is 5.54. The van der Waals surface area contributed by atoms with Crippen LogP contribution in [0.4, 0.5) is 0 Å². The van der Waals surface area contributed by atoms with E-state index >= 15 is 0 Å². The first kappa shape index (κ1) is 20.6. The SMILES string of the molecule is Cc1cc(-c2ccccc2C)[n+](C2(C)c3ccccc3-c3cccc[n+]32)cc1-c1ccccc1. The summed E-state index contributed by atoms with van der Waals surface area (Å²) in [6.45, 7) is 6.76. The summed E-state index contributed by atoms with van der Waals surface area (Å²) in [5, 5.41) is 0. The number of nitrogens with zero attached hydrogens (tertiary/aromatic N) is 2. The van der Waals surface area contributed by atoms with Gasteiger partial charge in [0, 0.05) is 29.3 Å². The van der Waals surface area contributed by atoms with E-state index < -0.39 is 5.66 Å². The van der Waals surface area contributed by atoms with Gasteiger partial charge in [-0.05, 0) is 54.8 Å². The van der Waals surface area contributed by atoms with E-state index in [0.29, 0.717) is 0 Å². The molecule has 5 aromatic rings. The second-order valence-electron chi connectivity index (χ2n) is 9.33. The summed E-state index contributed by atoms with van der Waals surface area (Å²) >= 11 is 0. The fraction of sp³-hybridized carbons (Fsp3) is 0.125. The molecule has 2 heteroatoms. The summed E-state index contributed by atoms with van der Waals surface area (Å²) in [7, 11) is 0. The largest absolute Gasteiger partial charge is 0.386 e. The maximum absolute atomic E-state index is 2.49. The summed E-state index contributed by atoms with van der Waals surface area (Å²) in [5.41, 5.74) is 10.9. The maximum Gasteiger partial charge on any atom is 0.386 e. The van der Waals surface area contributed by atoms with Crippen LogP contribution in [-0.2, 0) is 5.66 Å². The molecular weight excluding hydrogens is 412 g/mol. The molecule has 0 radical (unpaired) electrons. The molecule has 0 bridgehead atoms. The van der Waals surface area contributed by atoms with Gasteiger partial charge < -0.3 is 0 Å². The molecule has 1 aliphatic heterocycles. The van der Waals surface area contributed by atoms with E-state index in [1.807, 2.05) is 0 Å². The Morgan fingerprint density at radius 3 is 2.03 bits per heavy atom. The van der Waals surface area contributed by atoms with Gasteiger partial charge in [0.05, 0.1) is 12.5 Å². The number of aromatic nitrogens is 2. The van der Waals surface area contributed by atoms with Gasteiger partial charge in [0.1, 0.15) is 5.56 Å². The number of benzene rings is 3. The molecule has 3 heterocycles. The Hall–Kier alpha value is -4.04. The molecule has 0 aliphatic carbocycles.